The van der Waals surface area contributed by atoms with Gasteiger partial charge in [0.1, 0.15) is 5.25 Å². The van der Waals surface area contributed by atoms with E-state index < -0.39 is 0 Å². The Hall–Kier alpha value is -1.82. The Balaban J connectivity index is 1.54. The SMILES string of the molecule is O=C(C[C@H]1SC(N2CCCC2)=NC1=O)Nc1ccccc1. The molecule has 1 aromatic rings. The van der Waals surface area contributed by atoms with E-state index in [0.29, 0.717) is 0 Å². The number of carbonyl (C=O) groups is 2. The van der Waals surface area contributed by atoms with Crippen LogP contribution in [0.3, 0.4) is 0 Å². The number of anilines is 1. The highest BCUT2D eigenvalue weighted by Gasteiger charge is 2.33. The van der Waals surface area contributed by atoms with Gasteiger partial charge in [0, 0.05) is 25.2 Å². The Morgan fingerprint density at radius 2 is 2.00 bits per heavy atom. The summed E-state index contributed by atoms with van der Waals surface area (Å²) in [6, 6.07) is 9.27. The molecular weight excluding hydrogens is 286 g/mol. The van der Waals surface area contributed by atoms with Gasteiger partial charge >= 0.3 is 0 Å². The average molecular weight is 303 g/mol. The van der Waals surface area contributed by atoms with Crippen molar-refractivity contribution in [3.05, 3.63) is 30.3 Å². The van der Waals surface area contributed by atoms with Crippen LogP contribution in [0.2, 0.25) is 0 Å². The highest BCUT2D eigenvalue weighted by molar-refractivity contribution is 8.15. The maximum absolute atomic E-state index is 12.0. The Morgan fingerprint density at radius 3 is 2.71 bits per heavy atom. The fourth-order valence-corrected chi connectivity index (χ4v) is 3.57. The van der Waals surface area contributed by atoms with Crippen molar-refractivity contribution in [2.45, 2.75) is 24.5 Å². The van der Waals surface area contributed by atoms with E-state index in [1.807, 2.05) is 30.3 Å². The van der Waals surface area contributed by atoms with Gasteiger partial charge in [0.15, 0.2) is 5.17 Å². The first-order chi connectivity index (χ1) is 10.2. The molecule has 1 N–H and O–H groups in total. The standard InChI is InChI=1S/C15H17N3O2S/c19-13(16-11-6-2-1-3-7-11)10-12-14(20)17-15(21-12)18-8-4-5-9-18/h1-3,6-7,12H,4-5,8-10H2,(H,16,19)/t12-/m1/s1. The van der Waals surface area contributed by atoms with Crippen LogP contribution in [-0.2, 0) is 9.59 Å². The molecule has 0 unspecified atom stereocenters. The van der Waals surface area contributed by atoms with Gasteiger partial charge in [0.25, 0.3) is 5.91 Å². The molecule has 110 valence electrons. The van der Waals surface area contributed by atoms with Crippen LogP contribution in [0.15, 0.2) is 35.3 Å². The van der Waals surface area contributed by atoms with E-state index in [9.17, 15) is 9.59 Å². The number of hydrogen-bond donors (Lipinski definition) is 1. The van der Waals surface area contributed by atoms with Crippen LogP contribution < -0.4 is 5.32 Å². The summed E-state index contributed by atoms with van der Waals surface area (Å²) in [5, 5.41) is 3.21. The maximum atomic E-state index is 12.0. The Bertz CT molecular complexity index is 568. The number of amides is 2. The van der Waals surface area contributed by atoms with Crippen LogP contribution in [0, 0.1) is 0 Å². The van der Waals surface area contributed by atoms with Crippen molar-refractivity contribution >= 4 is 34.4 Å². The molecule has 0 aliphatic carbocycles. The largest absolute Gasteiger partial charge is 0.351 e. The third kappa shape index (κ3) is 3.44. The zero-order chi connectivity index (χ0) is 14.7. The van der Waals surface area contributed by atoms with Gasteiger partial charge in [0.05, 0.1) is 0 Å². The van der Waals surface area contributed by atoms with Crippen LogP contribution in [0.4, 0.5) is 5.69 Å². The summed E-state index contributed by atoms with van der Waals surface area (Å²) in [4.78, 5) is 30.2. The van der Waals surface area contributed by atoms with Crippen LogP contribution >= 0.6 is 11.8 Å². The smallest absolute Gasteiger partial charge is 0.262 e. The lowest BCUT2D eigenvalue weighted by Crippen LogP contribution is -2.25. The van der Waals surface area contributed by atoms with Crippen molar-refractivity contribution < 1.29 is 9.59 Å². The Kier molecular flexibility index (Phi) is 4.24. The molecule has 0 spiro atoms. The number of aliphatic imine (C=N–C) groups is 1. The number of nitrogens with one attached hydrogen (secondary N) is 1. The molecule has 2 amide bonds. The minimum absolute atomic E-state index is 0.148. The summed E-state index contributed by atoms with van der Waals surface area (Å²) in [7, 11) is 0. The quantitative estimate of drug-likeness (QED) is 0.929. The van der Waals surface area contributed by atoms with Crippen molar-refractivity contribution in [3.8, 4) is 0 Å². The summed E-state index contributed by atoms with van der Waals surface area (Å²) >= 11 is 1.42. The molecule has 1 saturated heterocycles. The van der Waals surface area contributed by atoms with Gasteiger partial charge < -0.3 is 10.2 Å². The third-order valence-corrected chi connectivity index (χ3v) is 4.75. The van der Waals surface area contributed by atoms with E-state index >= 15 is 0 Å². The molecule has 2 heterocycles. The molecular formula is C15H17N3O2S. The zero-order valence-electron chi connectivity index (χ0n) is 11.6. The predicted octanol–water partition coefficient (Wildman–Crippen LogP) is 2.11. The number of likely N-dealkylation sites (tertiary alicyclic amines) is 1. The number of rotatable bonds is 3. The molecule has 1 atom stereocenters. The van der Waals surface area contributed by atoms with Crippen molar-refractivity contribution in [2.75, 3.05) is 18.4 Å². The van der Waals surface area contributed by atoms with Crippen molar-refractivity contribution in [3.63, 3.8) is 0 Å². The van der Waals surface area contributed by atoms with Crippen LogP contribution in [0.25, 0.3) is 0 Å². The first kappa shape index (κ1) is 14.1. The van der Waals surface area contributed by atoms with E-state index in [1.54, 1.807) is 0 Å². The zero-order valence-corrected chi connectivity index (χ0v) is 12.4. The van der Waals surface area contributed by atoms with Gasteiger partial charge in [-0.05, 0) is 25.0 Å². The third-order valence-electron chi connectivity index (χ3n) is 3.53. The van der Waals surface area contributed by atoms with Crippen molar-refractivity contribution in [2.24, 2.45) is 4.99 Å². The van der Waals surface area contributed by atoms with Gasteiger partial charge in [-0.25, -0.2) is 0 Å². The van der Waals surface area contributed by atoms with Crippen LogP contribution in [0.5, 0.6) is 0 Å². The van der Waals surface area contributed by atoms with E-state index in [-0.39, 0.29) is 23.5 Å². The molecule has 2 aliphatic heterocycles. The van der Waals surface area contributed by atoms with Crippen molar-refractivity contribution in [1.29, 1.82) is 0 Å². The number of amidine groups is 1. The minimum Gasteiger partial charge on any atom is -0.351 e. The fraction of sp³-hybridized carbons (Fsp3) is 0.400. The van der Waals surface area contributed by atoms with E-state index in [2.05, 4.69) is 15.2 Å². The van der Waals surface area contributed by atoms with E-state index in [1.165, 1.54) is 11.8 Å². The summed E-state index contributed by atoms with van der Waals surface area (Å²) in [6.45, 7) is 1.92. The molecule has 0 aromatic heterocycles. The molecule has 1 fully saturated rings. The highest BCUT2D eigenvalue weighted by atomic mass is 32.2. The average Bonchev–Trinajstić information content (AvgIpc) is 3.10. The summed E-state index contributed by atoms with van der Waals surface area (Å²) in [6.07, 6.45) is 2.46. The second kappa shape index (κ2) is 6.30. The number of nitrogens with zero attached hydrogens (tertiary/aromatic N) is 2. The lowest BCUT2D eigenvalue weighted by atomic mass is 10.2. The Labute approximate surface area is 127 Å². The Morgan fingerprint density at radius 1 is 1.29 bits per heavy atom. The fourth-order valence-electron chi connectivity index (χ4n) is 2.45. The topological polar surface area (TPSA) is 61.8 Å². The van der Waals surface area contributed by atoms with E-state index in [4.69, 9.17) is 0 Å². The monoisotopic (exact) mass is 303 g/mol. The normalized spacial score (nSPS) is 21.5. The van der Waals surface area contributed by atoms with Gasteiger partial charge in [-0.15, -0.1) is 0 Å². The van der Waals surface area contributed by atoms with Crippen LogP contribution in [-0.4, -0.2) is 40.2 Å². The second-order valence-corrected chi connectivity index (χ2v) is 6.32. The van der Waals surface area contributed by atoms with Crippen molar-refractivity contribution in [1.82, 2.24) is 4.90 Å². The maximum Gasteiger partial charge on any atom is 0.262 e. The lowest BCUT2D eigenvalue weighted by molar-refractivity contribution is -0.121. The second-order valence-electron chi connectivity index (χ2n) is 5.15. The van der Waals surface area contributed by atoms with Gasteiger partial charge in [0.2, 0.25) is 5.91 Å². The van der Waals surface area contributed by atoms with Gasteiger partial charge in [-0.2, -0.15) is 4.99 Å². The highest BCUT2D eigenvalue weighted by Crippen LogP contribution is 2.29. The summed E-state index contributed by atoms with van der Waals surface area (Å²) in [5.74, 6) is -0.338. The molecule has 0 radical (unpaired) electrons. The molecule has 2 aliphatic rings. The number of hydrogen-bond acceptors (Lipinski definition) is 4. The number of para-hydroxylation sites is 1. The van der Waals surface area contributed by atoms with Gasteiger partial charge in [-0.3, -0.25) is 9.59 Å². The molecule has 3 rings (SSSR count). The number of carbonyl (C=O) groups excluding carboxylic acids is 2. The minimum atomic E-state index is -0.385. The molecule has 0 saturated carbocycles. The van der Waals surface area contributed by atoms with Crippen LogP contribution in [0.1, 0.15) is 19.3 Å². The van der Waals surface area contributed by atoms with Gasteiger partial charge in [-0.1, -0.05) is 30.0 Å². The molecule has 21 heavy (non-hydrogen) atoms. The first-order valence-corrected chi connectivity index (χ1v) is 7.99. The summed E-state index contributed by atoms with van der Waals surface area (Å²) in [5.41, 5.74) is 0.749. The molecule has 5 nitrogen and oxygen atoms in total. The predicted molar refractivity (Wildman–Crippen MR) is 84.3 cm³/mol. The molecule has 0 bridgehead atoms. The lowest BCUT2D eigenvalue weighted by Gasteiger charge is -2.16. The number of thioether (sulfide) groups is 1. The summed E-state index contributed by atoms with van der Waals surface area (Å²) < 4.78 is 0. The van der Waals surface area contributed by atoms with E-state index in [0.717, 1.165) is 36.8 Å². The number of benzene rings is 1. The molecule has 1 aromatic carbocycles. The first-order valence-electron chi connectivity index (χ1n) is 7.11. The molecule has 6 heteroatoms.